The van der Waals surface area contributed by atoms with Crippen LogP contribution in [0.2, 0.25) is 0 Å². The Morgan fingerprint density at radius 3 is 2.67 bits per heavy atom. The van der Waals surface area contributed by atoms with E-state index in [1.54, 1.807) is 13.2 Å². The fourth-order valence-corrected chi connectivity index (χ4v) is 2.03. The minimum Gasteiger partial charge on any atom is -0.497 e. The van der Waals surface area contributed by atoms with Crippen LogP contribution in [0.4, 0.5) is 0 Å². The van der Waals surface area contributed by atoms with Gasteiger partial charge in [-0.25, -0.2) is 0 Å². The second kappa shape index (κ2) is 5.64. The third-order valence-electron chi connectivity index (χ3n) is 2.47. The normalized spacial score (nSPS) is 10.1. The first-order valence-electron chi connectivity index (χ1n) is 5.53. The van der Waals surface area contributed by atoms with Crippen molar-refractivity contribution in [2.75, 3.05) is 7.11 Å². The number of hydrogen-bond acceptors (Lipinski definition) is 4. The van der Waals surface area contributed by atoms with Crippen molar-refractivity contribution in [3.05, 3.63) is 46.5 Å². The molecule has 1 heterocycles. The zero-order valence-electron chi connectivity index (χ0n) is 10.3. The van der Waals surface area contributed by atoms with Crippen molar-refractivity contribution in [1.29, 1.82) is 0 Å². The molecule has 0 saturated carbocycles. The van der Waals surface area contributed by atoms with Crippen LogP contribution < -0.4 is 10.1 Å². The summed E-state index contributed by atoms with van der Waals surface area (Å²) in [5.74, 6) is 0.662. The van der Waals surface area contributed by atoms with Crippen LogP contribution in [0.3, 0.4) is 0 Å². The first-order valence-corrected chi connectivity index (χ1v) is 6.31. The van der Waals surface area contributed by atoms with Crippen LogP contribution in [0.1, 0.15) is 20.9 Å². The molecular weight excluding hydrogens is 248 g/mol. The molecule has 0 radical (unpaired) electrons. The molecule has 0 aliphatic rings. The monoisotopic (exact) mass is 262 g/mol. The van der Waals surface area contributed by atoms with Gasteiger partial charge in [-0.2, -0.15) is 4.37 Å². The average Bonchev–Trinajstić information content (AvgIpc) is 2.83. The number of hydrogen-bond donors (Lipinski definition) is 1. The molecule has 0 fully saturated rings. The molecule has 0 saturated heterocycles. The third-order valence-corrected chi connectivity index (χ3v) is 3.17. The van der Waals surface area contributed by atoms with Crippen LogP contribution in [0.5, 0.6) is 5.75 Å². The highest BCUT2D eigenvalue weighted by Crippen LogP contribution is 2.11. The van der Waals surface area contributed by atoms with Gasteiger partial charge in [0, 0.05) is 11.4 Å². The van der Waals surface area contributed by atoms with Crippen LogP contribution in [-0.2, 0) is 6.54 Å². The lowest BCUT2D eigenvalue weighted by Crippen LogP contribution is -2.22. The first kappa shape index (κ1) is 12.6. The Labute approximate surface area is 110 Å². The van der Waals surface area contributed by atoms with Crippen molar-refractivity contribution in [1.82, 2.24) is 9.69 Å². The summed E-state index contributed by atoms with van der Waals surface area (Å²) in [5, 5.41) is 2.83. The summed E-state index contributed by atoms with van der Waals surface area (Å²) in [5.41, 5.74) is 1.50. The second-order valence-electron chi connectivity index (χ2n) is 3.85. The number of aromatic nitrogens is 1. The summed E-state index contributed by atoms with van der Waals surface area (Å²) in [6.07, 6.45) is 0. The maximum absolute atomic E-state index is 11.8. The molecule has 1 aromatic heterocycles. The number of rotatable bonds is 4. The van der Waals surface area contributed by atoms with Crippen molar-refractivity contribution in [3.63, 3.8) is 0 Å². The van der Waals surface area contributed by atoms with E-state index in [0.29, 0.717) is 12.2 Å². The first-order chi connectivity index (χ1) is 8.69. The number of methoxy groups -OCH3 is 1. The van der Waals surface area contributed by atoms with Crippen LogP contribution in [0.25, 0.3) is 0 Å². The minimum absolute atomic E-state index is 0.143. The number of carbonyl (C=O) groups excluding carboxylic acids is 1. The van der Waals surface area contributed by atoms with E-state index in [9.17, 15) is 4.79 Å². The summed E-state index contributed by atoms with van der Waals surface area (Å²) in [6, 6.07) is 9.37. The van der Waals surface area contributed by atoms with Crippen LogP contribution in [0, 0.1) is 6.92 Å². The molecule has 0 aliphatic heterocycles. The zero-order valence-corrected chi connectivity index (χ0v) is 11.1. The topological polar surface area (TPSA) is 51.2 Å². The van der Waals surface area contributed by atoms with Crippen LogP contribution >= 0.6 is 11.5 Å². The number of nitrogens with one attached hydrogen (secondary N) is 1. The summed E-state index contributed by atoms with van der Waals surface area (Å²) < 4.78 is 9.14. The number of nitrogens with zero attached hydrogens (tertiary/aromatic N) is 1. The van der Waals surface area contributed by atoms with Crippen LogP contribution in [-0.4, -0.2) is 17.4 Å². The Balaban J connectivity index is 1.92. The lowest BCUT2D eigenvalue weighted by atomic mass is 10.2. The molecule has 1 aromatic carbocycles. The molecule has 18 heavy (non-hydrogen) atoms. The molecule has 2 aromatic rings. The Kier molecular flexibility index (Phi) is 3.94. The highest BCUT2D eigenvalue weighted by Gasteiger charge is 2.08. The van der Waals surface area contributed by atoms with Gasteiger partial charge in [-0.1, -0.05) is 12.1 Å². The summed E-state index contributed by atoms with van der Waals surface area (Å²) in [7, 11) is 1.63. The number of carbonyl (C=O) groups is 1. The van der Waals surface area contributed by atoms with E-state index in [2.05, 4.69) is 9.69 Å². The molecule has 5 heteroatoms. The fourth-order valence-electron chi connectivity index (χ4n) is 1.49. The fraction of sp³-hybridized carbons (Fsp3) is 0.231. The Bertz CT molecular complexity index is 534. The predicted molar refractivity (Wildman–Crippen MR) is 71.0 cm³/mol. The van der Waals surface area contributed by atoms with Gasteiger partial charge in [-0.3, -0.25) is 4.79 Å². The van der Waals surface area contributed by atoms with Crippen molar-refractivity contribution >= 4 is 17.4 Å². The highest BCUT2D eigenvalue weighted by molar-refractivity contribution is 7.05. The van der Waals surface area contributed by atoms with E-state index in [1.807, 2.05) is 31.2 Å². The molecule has 0 atom stereocenters. The van der Waals surface area contributed by atoms with E-state index in [1.165, 1.54) is 11.5 Å². The van der Waals surface area contributed by atoms with Gasteiger partial charge in [0.2, 0.25) is 0 Å². The van der Waals surface area contributed by atoms with Crippen molar-refractivity contribution < 1.29 is 9.53 Å². The van der Waals surface area contributed by atoms with Gasteiger partial charge >= 0.3 is 0 Å². The van der Waals surface area contributed by atoms with Gasteiger partial charge in [0.15, 0.2) is 0 Å². The predicted octanol–water partition coefficient (Wildman–Crippen LogP) is 2.39. The Hall–Kier alpha value is -1.88. The maximum atomic E-state index is 11.8. The third kappa shape index (κ3) is 3.07. The van der Waals surface area contributed by atoms with Gasteiger partial charge in [0.1, 0.15) is 11.4 Å². The van der Waals surface area contributed by atoms with Crippen molar-refractivity contribution in [3.8, 4) is 5.75 Å². The number of ether oxygens (including phenoxy) is 1. The van der Waals surface area contributed by atoms with Gasteiger partial charge in [-0.05, 0) is 42.2 Å². The molecule has 0 bridgehead atoms. The summed E-state index contributed by atoms with van der Waals surface area (Å²) in [6.45, 7) is 2.41. The van der Waals surface area contributed by atoms with Crippen molar-refractivity contribution in [2.24, 2.45) is 0 Å². The van der Waals surface area contributed by atoms with E-state index >= 15 is 0 Å². The quantitative estimate of drug-likeness (QED) is 0.920. The largest absolute Gasteiger partial charge is 0.497 e. The minimum atomic E-state index is -0.143. The number of benzene rings is 1. The molecule has 4 nitrogen and oxygen atoms in total. The molecule has 94 valence electrons. The Morgan fingerprint density at radius 2 is 2.11 bits per heavy atom. The maximum Gasteiger partial charge on any atom is 0.271 e. The molecule has 2 rings (SSSR count). The lowest BCUT2D eigenvalue weighted by molar-refractivity contribution is 0.0947. The smallest absolute Gasteiger partial charge is 0.271 e. The van der Waals surface area contributed by atoms with Gasteiger partial charge in [-0.15, -0.1) is 0 Å². The Morgan fingerprint density at radius 1 is 1.39 bits per heavy atom. The standard InChI is InChI=1S/C13H14N2O2S/c1-9-7-12(15-18-9)13(16)14-8-10-3-5-11(17-2)6-4-10/h3-7H,8H2,1-2H3,(H,14,16). The number of aryl methyl sites for hydroxylation is 1. The van der Waals surface area contributed by atoms with E-state index in [0.717, 1.165) is 16.2 Å². The van der Waals surface area contributed by atoms with Crippen LogP contribution in [0.15, 0.2) is 30.3 Å². The van der Waals surface area contributed by atoms with Crippen molar-refractivity contribution in [2.45, 2.75) is 13.5 Å². The van der Waals surface area contributed by atoms with Gasteiger partial charge in [0.05, 0.1) is 7.11 Å². The van der Waals surface area contributed by atoms with Gasteiger partial charge < -0.3 is 10.1 Å². The summed E-state index contributed by atoms with van der Waals surface area (Å²) >= 11 is 1.33. The van der Waals surface area contributed by atoms with E-state index in [-0.39, 0.29) is 5.91 Å². The van der Waals surface area contributed by atoms with E-state index in [4.69, 9.17) is 4.74 Å². The molecule has 1 amide bonds. The molecule has 0 spiro atoms. The van der Waals surface area contributed by atoms with E-state index < -0.39 is 0 Å². The zero-order chi connectivity index (χ0) is 13.0. The molecular formula is C13H14N2O2S. The molecule has 0 aliphatic carbocycles. The van der Waals surface area contributed by atoms with Gasteiger partial charge in [0.25, 0.3) is 5.91 Å². The average molecular weight is 262 g/mol. The summed E-state index contributed by atoms with van der Waals surface area (Å²) in [4.78, 5) is 12.8. The number of amides is 1. The highest BCUT2D eigenvalue weighted by atomic mass is 32.1. The lowest BCUT2D eigenvalue weighted by Gasteiger charge is -2.04. The SMILES string of the molecule is COc1ccc(CNC(=O)c2cc(C)sn2)cc1. The second-order valence-corrected chi connectivity index (χ2v) is 4.86. The molecule has 1 N–H and O–H groups in total. The molecule has 0 unspecified atom stereocenters.